The molecule has 526 valence electrons. The van der Waals surface area contributed by atoms with E-state index in [0.717, 1.165) is 0 Å². The zero-order valence-corrected chi connectivity index (χ0v) is 63.7. The summed E-state index contributed by atoms with van der Waals surface area (Å²) in [6.07, 6.45) is 0. The molecule has 8 aliphatic rings. The summed E-state index contributed by atoms with van der Waals surface area (Å²) in [4.78, 5) is 5.38. The molecule has 0 unspecified atom stereocenters. The van der Waals surface area contributed by atoms with E-state index >= 15 is 0 Å². The van der Waals surface area contributed by atoms with E-state index in [9.17, 15) is 0 Å². The zero-order valence-electron chi connectivity index (χ0n) is 63.7. The fraction of sp³-hybridized carbons (Fsp3) is 0.113. The van der Waals surface area contributed by atoms with Crippen LogP contribution >= 0.6 is 0 Å². The van der Waals surface area contributed by atoms with Crippen LogP contribution in [0.4, 0.5) is 34.1 Å². The van der Waals surface area contributed by atoms with E-state index in [1.54, 1.807) is 0 Å². The van der Waals surface area contributed by atoms with Gasteiger partial charge in [-0.15, -0.1) is 0 Å². The Kier molecular flexibility index (Phi) is 12.1. The minimum Gasteiger partial charge on any atom is -0.378 e. The summed E-state index contributed by atoms with van der Waals surface area (Å²) in [7, 11) is 0. The van der Waals surface area contributed by atoms with Crippen LogP contribution in [0, 0.1) is 0 Å². The Hall–Kier alpha value is -12.9. The number of nitrogens with zero attached hydrogens (tertiary/aromatic N) is 4. The standard InChI is InChI=1S/C106H76B2N4/c1-102(2,3)71-61-79-73-43-28-45-77-93-98(111(97(73)77)107-86-51-29-49-83-99(86)110(91(62-71)95(79)107)89-54-25-23-48-82(89)106(83,69-37-16-10-17-38-69)70-39-18-11-19-40-70)75-56-55-65(59-85(75)103(93,4)5)63-31-26-32-64(57-63)66-58-78-72-42-27-44-76-92-74-41-20-21-46-80(74)104(6,7)101(92)112(96(72)76)108-87-52-30-50-84-100(87)109(90(60-66)94(78)108)88-53-24-22-47-81(88)105(84,67-33-12-8-13-34-67)68-35-14-9-15-36-68/h8-62H,1-7H3. The Morgan fingerprint density at radius 3 is 1.31 bits per heavy atom. The summed E-state index contributed by atoms with van der Waals surface area (Å²) < 4.78 is 5.66. The lowest BCUT2D eigenvalue weighted by Crippen LogP contribution is -2.59. The van der Waals surface area contributed by atoms with Gasteiger partial charge in [0, 0.05) is 89.0 Å². The molecule has 0 fully saturated rings. The SMILES string of the molecule is CC(C)(C)c1cc2c3c(c1)N1c4ccccc4C(c4ccccc4)(c4ccccc4)c4cccc(c41)B3n1c3c(c4cccc-2c41)C(C)(C)c1cc(-c2cccc(-c4cc5c6c(c4)N4c7ccccc7C(c7ccccc7)(c7ccccc7)c7cccc(c74)B6n4c6c(c7cccc-5c74)-c4ccccc4C6(C)C)c2)ccc1-3. The summed E-state index contributed by atoms with van der Waals surface area (Å²) >= 11 is 0. The second kappa shape index (κ2) is 21.6. The van der Waals surface area contributed by atoms with Crippen molar-refractivity contribution in [2.75, 3.05) is 9.80 Å². The van der Waals surface area contributed by atoms with Crippen LogP contribution in [-0.2, 0) is 27.1 Å². The number of fused-ring (bicyclic) bond motifs is 22. The summed E-state index contributed by atoms with van der Waals surface area (Å²) in [6, 6.07) is 129. The van der Waals surface area contributed by atoms with E-state index in [1.807, 2.05) is 0 Å². The Morgan fingerprint density at radius 2 is 0.741 bits per heavy atom. The molecule has 112 heavy (non-hydrogen) atoms. The van der Waals surface area contributed by atoms with E-state index < -0.39 is 10.8 Å². The van der Waals surface area contributed by atoms with Crippen molar-refractivity contribution in [3.05, 3.63) is 406 Å². The van der Waals surface area contributed by atoms with Gasteiger partial charge in [-0.25, -0.2) is 0 Å². The maximum Gasteiger partial charge on any atom is 0.333 e. The van der Waals surface area contributed by atoms with Gasteiger partial charge >= 0.3 is 13.7 Å². The molecule has 4 nitrogen and oxygen atoms in total. The van der Waals surface area contributed by atoms with Crippen molar-refractivity contribution in [1.82, 2.24) is 8.96 Å². The molecule has 0 N–H and O–H groups in total. The highest BCUT2D eigenvalue weighted by molar-refractivity contribution is 6.90. The van der Waals surface area contributed by atoms with Crippen molar-refractivity contribution in [2.24, 2.45) is 0 Å². The monoisotopic (exact) mass is 1430 g/mol. The maximum atomic E-state index is 2.83. The fourth-order valence-electron chi connectivity index (χ4n) is 23.4. The molecule has 2 aliphatic carbocycles. The smallest absolute Gasteiger partial charge is 0.333 e. The molecule has 0 amide bonds. The summed E-state index contributed by atoms with van der Waals surface area (Å²) in [5.74, 6) is 0. The largest absolute Gasteiger partial charge is 0.378 e. The quantitative estimate of drug-likeness (QED) is 0.154. The Labute approximate surface area is 654 Å². The van der Waals surface area contributed by atoms with Gasteiger partial charge in [0.05, 0.1) is 22.2 Å². The van der Waals surface area contributed by atoms with Crippen molar-refractivity contribution >= 4 is 91.5 Å². The molecule has 17 aromatic rings. The van der Waals surface area contributed by atoms with E-state index in [-0.39, 0.29) is 29.9 Å². The van der Waals surface area contributed by atoms with Gasteiger partial charge in [0.1, 0.15) is 0 Å². The molecule has 2 aromatic heterocycles. The summed E-state index contributed by atoms with van der Waals surface area (Å²) in [5.41, 5.74) is 45.9. The van der Waals surface area contributed by atoms with Gasteiger partial charge in [0.15, 0.2) is 0 Å². The molecule has 0 atom stereocenters. The average molecular weight is 1430 g/mol. The van der Waals surface area contributed by atoms with Crippen LogP contribution in [0.5, 0.6) is 0 Å². The number of hydrogen-bond acceptors (Lipinski definition) is 2. The molecule has 15 aromatic carbocycles. The third-order valence-corrected chi connectivity index (χ3v) is 27.8. The molecule has 0 bridgehead atoms. The highest BCUT2D eigenvalue weighted by Gasteiger charge is 2.57. The number of benzene rings is 15. The van der Waals surface area contributed by atoms with Crippen LogP contribution in [-0.4, -0.2) is 22.7 Å². The van der Waals surface area contributed by atoms with Crippen LogP contribution in [0.15, 0.2) is 334 Å². The molecule has 6 aliphatic heterocycles. The number of rotatable bonds is 6. The van der Waals surface area contributed by atoms with Crippen LogP contribution in [0.3, 0.4) is 0 Å². The second-order valence-electron chi connectivity index (χ2n) is 34.9. The lowest BCUT2D eigenvalue weighted by Gasteiger charge is -2.51. The summed E-state index contributed by atoms with van der Waals surface area (Å²) in [5, 5.41) is 2.66. The van der Waals surface area contributed by atoms with E-state index in [2.05, 4.69) is 401 Å². The first-order valence-corrected chi connectivity index (χ1v) is 40.1. The Bertz CT molecular complexity index is 6990. The van der Waals surface area contributed by atoms with Crippen molar-refractivity contribution < 1.29 is 0 Å². The van der Waals surface area contributed by atoms with E-state index in [0.29, 0.717) is 0 Å². The van der Waals surface area contributed by atoms with Gasteiger partial charge in [0.2, 0.25) is 0 Å². The van der Waals surface area contributed by atoms with Crippen LogP contribution in [0.1, 0.15) is 121 Å². The molecule has 25 rings (SSSR count). The third kappa shape index (κ3) is 7.53. The normalized spacial score (nSPS) is 15.8. The van der Waals surface area contributed by atoms with Crippen LogP contribution < -0.4 is 31.7 Å². The molecule has 0 saturated heterocycles. The van der Waals surface area contributed by atoms with Gasteiger partial charge in [-0.3, -0.25) is 0 Å². The number of aromatic nitrogens is 2. The van der Waals surface area contributed by atoms with E-state index in [4.69, 9.17) is 0 Å². The zero-order chi connectivity index (χ0) is 74.4. The third-order valence-electron chi connectivity index (χ3n) is 27.8. The lowest BCUT2D eigenvalue weighted by molar-refractivity contribution is 0.590. The topological polar surface area (TPSA) is 16.3 Å². The fourth-order valence-corrected chi connectivity index (χ4v) is 23.4. The first kappa shape index (κ1) is 62.9. The molecular weight excluding hydrogens is 1350 g/mol. The average Bonchev–Trinajstić information content (AvgIpc) is 1.43. The lowest BCUT2D eigenvalue weighted by atomic mass is 9.43. The molecule has 8 heterocycles. The molecule has 0 saturated carbocycles. The van der Waals surface area contributed by atoms with Crippen molar-refractivity contribution in [2.45, 2.75) is 75.5 Å². The highest BCUT2D eigenvalue weighted by Crippen LogP contribution is 2.65. The first-order chi connectivity index (χ1) is 54.8. The first-order valence-electron chi connectivity index (χ1n) is 40.1. The van der Waals surface area contributed by atoms with Gasteiger partial charge in [0.25, 0.3) is 0 Å². The predicted molar refractivity (Wildman–Crippen MR) is 467 cm³/mol. The number of hydrogen-bond donors (Lipinski definition) is 0. The van der Waals surface area contributed by atoms with Gasteiger partial charge in [-0.05, 0) is 175 Å². The molecule has 0 radical (unpaired) electrons. The predicted octanol–water partition coefficient (Wildman–Crippen LogP) is 23.1. The minimum absolute atomic E-state index is 0.130. The number of anilines is 6. The van der Waals surface area contributed by atoms with Gasteiger partial charge in [-0.2, -0.15) is 0 Å². The Morgan fingerprint density at radius 1 is 0.295 bits per heavy atom. The molecule has 0 spiro atoms. The van der Waals surface area contributed by atoms with Crippen LogP contribution in [0.2, 0.25) is 0 Å². The van der Waals surface area contributed by atoms with Gasteiger partial charge < -0.3 is 18.8 Å². The minimum atomic E-state index is -0.638. The molecule has 6 heteroatoms. The highest BCUT2D eigenvalue weighted by atomic mass is 15.2. The van der Waals surface area contributed by atoms with Crippen molar-refractivity contribution in [1.29, 1.82) is 0 Å². The Balaban J connectivity index is 0.695. The number of para-hydroxylation sites is 6. The molecular formula is C106H76B2N4. The van der Waals surface area contributed by atoms with Crippen LogP contribution in [0.25, 0.3) is 88.7 Å². The summed E-state index contributed by atoms with van der Waals surface area (Å²) in [6.45, 7) is 16.8. The second-order valence-corrected chi connectivity index (χ2v) is 34.9. The van der Waals surface area contributed by atoms with Crippen molar-refractivity contribution in [3.8, 4) is 66.9 Å². The maximum absolute atomic E-state index is 2.83. The van der Waals surface area contributed by atoms with Crippen molar-refractivity contribution in [3.63, 3.8) is 0 Å². The van der Waals surface area contributed by atoms with Gasteiger partial charge in [-0.1, -0.05) is 340 Å². The van der Waals surface area contributed by atoms with E-state index in [1.165, 1.54) is 217 Å².